The van der Waals surface area contributed by atoms with Crippen LogP contribution in [0.2, 0.25) is 0 Å². The molecule has 3 N–H and O–H groups in total. The molecule has 2 amide bonds. The first kappa shape index (κ1) is 16.1. The molecule has 2 unspecified atom stereocenters. The Morgan fingerprint density at radius 2 is 2.11 bits per heavy atom. The quantitative estimate of drug-likeness (QED) is 0.472. The summed E-state index contributed by atoms with van der Waals surface area (Å²) in [5.74, 6) is 3.51. The predicted molar refractivity (Wildman–Crippen MR) is 63.3 cm³/mol. The number of carbonyl (C=O) groups is 3. The van der Waals surface area contributed by atoms with Crippen LogP contribution in [0.1, 0.15) is 33.1 Å². The molecule has 0 aliphatic carbocycles. The van der Waals surface area contributed by atoms with Crippen molar-refractivity contribution >= 4 is 17.8 Å². The highest BCUT2D eigenvalue weighted by Gasteiger charge is 2.27. The van der Waals surface area contributed by atoms with Crippen molar-refractivity contribution in [2.75, 3.05) is 0 Å². The van der Waals surface area contributed by atoms with Gasteiger partial charge in [0.25, 0.3) is 5.91 Å². The molecular formula is C12H17NO5. The van der Waals surface area contributed by atoms with Crippen LogP contribution in [-0.4, -0.2) is 34.1 Å². The van der Waals surface area contributed by atoms with Gasteiger partial charge in [-0.25, -0.2) is 0 Å². The zero-order valence-electron chi connectivity index (χ0n) is 10.4. The number of hydrogen-bond donors (Lipinski definition) is 3. The van der Waals surface area contributed by atoms with Crippen molar-refractivity contribution < 1.29 is 24.6 Å². The fraction of sp³-hybridized carbons (Fsp3) is 0.583. The summed E-state index contributed by atoms with van der Waals surface area (Å²) in [6.45, 7) is 3.60. The molecule has 0 aromatic heterocycles. The van der Waals surface area contributed by atoms with Crippen LogP contribution in [-0.2, 0) is 14.4 Å². The van der Waals surface area contributed by atoms with E-state index >= 15 is 0 Å². The Bertz CT molecular complexity index is 380. The monoisotopic (exact) mass is 255 g/mol. The predicted octanol–water partition coefficient (Wildman–Crippen LogP) is -0.0956. The number of imide groups is 1. The third-order valence-corrected chi connectivity index (χ3v) is 2.08. The summed E-state index contributed by atoms with van der Waals surface area (Å²) in [5, 5.41) is 18.9. The van der Waals surface area contributed by atoms with Gasteiger partial charge < -0.3 is 10.2 Å². The van der Waals surface area contributed by atoms with E-state index in [0.717, 1.165) is 6.42 Å². The first-order valence-corrected chi connectivity index (χ1v) is 5.58. The smallest absolute Gasteiger partial charge is 0.307 e. The van der Waals surface area contributed by atoms with E-state index in [-0.39, 0.29) is 12.3 Å². The molecule has 1 heterocycles. The van der Waals surface area contributed by atoms with Crippen LogP contribution < -0.4 is 5.32 Å². The SMILES string of the molecule is CCC#CCC(C)C(=O)O.O=C1CC(O)C(=O)N1. The molecule has 0 radical (unpaired) electrons. The normalized spacial score (nSPS) is 18.9. The molecule has 2 atom stereocenters. The largest absolute Gasteiger partial charge is 0.481 e. The zero-order chi connectivity index (χ0) is 14.1. The molecule has 1 aliphatic heterocycles. The number of aliphatic carboxylic acids is 1. The summed E-state index contributed by atoms with van der Waals surface area (Å²) in [7, 11) is 0. The lowest BCUT2D eigenvalue weighted by Gasteiger charge is -1.96. The number of rotatable bonds is 2. The molecule has 0 saturated carbocycles. The van der Waals surface area contributed by atoms with Gasteiger partial charge in [-0.1, -0.05) is 13.8 Å². The van der Waals surface area contributed by atoms with Gasteiger partial charge in [0.1, 0.15) is 6.10 Å². The molecule has 1 rings (SSSR count). The summed E-state index contributed by atoms with van der Waals surface area (Å²) in [5.41, 5.74) is 0. The van der Waals surface area contributed by atoms with Crippen molar-refractivity contribution in [1.82, 2.24) is 5.32 Å². The maximum Gasteiger partial charge on any atom is 0.307 e. The Balaban J connectivity index is 0.000000327. The van der Waals surface area contributed by atoms with Crippen LogP contribution >= 0.6 is 0 Å². The van der Waals surface area contributed by atoms with Gasteiger partial charge in [-0.15, -0.1) is 11.8 Å². The summed E-state index contributed by atoms with van der Waals surface area (Å²) in [6.07, 6.45) is 0.0661. The highest BCUT2D eigenvalue weighted by molar-refractivity contribution is 6.04. The number of nitrogens with one attached hydrogen (secondary N) is 1. The van der Waals surface area contributed by atoms with Gasteiger partial charge in [0.2, 0.25) is 5.91 Å². The van der Waals surface area contributed by atoms with E-state index in [1.54, 1.807) is 6.92 Å². The van der Waals surface area contributed by atoms with E-state index in [1.807, 2.05) is 12.2 Å². The van der Waals surface area contributed by atoms with Crippen molar-refractivity contribution in [2.24, 2.45) is 5.92 Å². The molecule has 0 spiro atoms. The standard InChI is InChI=1S/C8H12O2.C4H5NO3/c1-3-4-5-6-7(2)8(9)10;6-2-1-3(7)5-4(2)8/h7H,3,6H2,1-2H3,(H,9,10);2,6H,1H2,(H,5,7,8). The summed E-state index contributed by atoms with van der Waals surface area (Å²) in [6, 6.07) is 0. The molecule has 0 bridgehead atoms. The Kier molecular flexibility index (Phi) is 7.40. The van der Waals surface area contributed by atoms with Crippen LogP contribution in [0.15, 0.2) is 0 Å². The molecule has 1 aliphatic rings. The van der Waals surface area contributed by atoms with E-state index in [4.69, 9.17) is 10.2 Å². The van der Waals surface area contributed by atoms with E-state index in [9.17, 15) is 14.4 Å². The van der Waals surface area contributed by atoms with Crippen molar-refractivity contribution in [3.63, 3.8) is 0 Å². The van der Waals surface area contributed by atoms with Gasteiger partial charge in [-0.05, 0) is 0 Å². The average molecular weight is 255 g/mol. The Morgan fingerprint density at radius 1 is 1.50 bits per heavy atom. The lowest BCUT2D eigenvalue weighted by molar-refractivity contribution is -0.141. The molecule has 1 fully saturated rings. The molecule has 0 aromatic carbocycles. The fourth-order valence-corrected chi connectivity index (χ4v) is 0.978. The topological polar surface area (TPSA) is 104 Å². The third-order valence-electron chi connectivity index (χ3n) is 2.08. The highest BCUT2D eigenvalue weighted by Crippen LogP contribution is 1.99. The third kappa shape index (κ3) is 6.66. The van der Waals surface area contributed by atoms with Gasteiger partial charge in [0.05, 0.1) is 12.3 Å². The Labute approximate surface area is 105 Å². The van der Waals surface area contributed by atoms with Crippen molar-refractivity contribution in [2.45, 2.75) is 39.2 Å². The highest BCUT2D eigenvalue weighted by atomic mass is 16.4. The average Bonchev–Trinajstić information content (AvgIpc) is 2.57. The first-order valence-electron chi connectivity index (χ1n) is 5.58. The lowest BCUT2D eigenvalue weighted by atomic mass is 10.1. The number of carbonyl (C=O) groups excluding carboxylic acids is 2. The minimum absolute atomic E-state index is 0.0845. The van der Waals surface area contributed by atoms with E-state index in [0.29, 0.717) is 6.42 Å². The molecular weight excluding hydrogens is 238 g/mol. The number of hydrogen-bond acceptors (Lipinski definition) is 4. The van der Waals surface area contributed by atoms with Gasteiger partial charge >= 0.3 is 5.97 Å². The number of carboxylic acids is 1. The molecule has 18 heavy (non-hydrogen) atoms. The molecule has 0 aromatic rings. The first-order chi connectivity index (χ1) is 8.38. The molecule has 6 heteroatoms. The van der Waals surface area contributed by atoms with Gasteiger partial charge in [0.15, 0.2) is 0 Å². The second kappa shape index (κ2) is 8.25. The zero-order valence-corrected chi connectivity index (χ0v) is 10.4. The fourth-order valence-electron chi connectivity index (χ4n) is 0.978. The van der Waals surface area contributed by atoms with Crippen LogP contribution in [0.25, 0.3) is 0 Å². The maximum absolute atomic E-state index is 10.2. The van der Waals surface area contributed by atoms with Crippen molar-refractivity contribution in [3.05, 3.63) is 0 Å². The lowest BCUT2D eigenvalue weighted by Crippen LogP contribution is -2.24. The summed E-state index contributed by atoms with van der Waals surface area (Å²) in [4.78, 5) is 30.6. The number of carboxylic acid groups (broad SMARTS) is 1. The van der Waals surface area contributed by atoms with Crippen LogP contribution in [0.5, 0.6) is 0 Å². The maximum atomic E-state index is 10.2. The second-order valence-electron chi connectivity index (χ2n) is 3.78. The van der Waals surface area contributed by atoms with Crippen molar-refractivity contribution in [3.8, 4) is 11.8 Å². The van der Waals surface area contributed by atoms with E-state index < -0.39 is 23.9 Å². The van der Waals surface area contributed by atoms with Crippen LogP contribution in [0.3, 0.4) is 0 Å². The Hall–Kier alpha value is -1.87. The minimum atomic E-state index is -1.11. The molecule has 100 valence electrons. The van der Waals surface area contributed by atoms with Crippen LogP contribution in [0, 0.1) is 17.8 Å². The van der Waals surface area contributed by atoms with Gasteiger partial charge in [0, 0.05) is 12.8 Å². The second-order valence-corrected chi connectivity index (χ2v) is 3.78. The van der Waals surface area contributed by atoms with Crippen LogP contribution in [0.4, 0.5) is 0 Å². The van der Waals surface area contributed by atoms with Gasteiger partial charge in [-0.3, -0.25) is 19.7 Å². The van der Waals surface area contributed by atoms with Gasteiger partial charge in [-0.2, -0.15) is 0 Å². The summed E-state index contributed by atoms with van der Waals surface area (Å²) >= 11 is 0. The minimum Gasteiger partial charge on any atom is -0.481 e. The molecule has 1 saturated heterocycles. The van der Waals surface area contributed by atoms with E-state index in [2.05, 4.69) is 11.8 Å². The number of aliphatic hydroxyl groups excluding tert-OH is 1. The van der Waals surface area contributed by atoms with Crippen molar-refractivity contribution in [1.29, 1.82) is 0 Å². The number of amides is 2. The Morgan fingerprint density at radius 3 is 2.39 bits per heavy atom. The van der Waals surface area contributed by atoms with E-state index in [1.165, 1.54) is 0 Å². The summed E-state index contributed by atoms with van der Waals surface area (Å²) < 4.78 is 0. The number of aliphatic hydroxyl groups is 1. The molecule has 6 nitrogen and oxygen atoms in total.